The molecule has 9 heteroatoms. The Labute approximate surface area is 219 Å². The van der Waals surface area contributed by atoms with Gasteiger partial charge in [-0.15, -0.1) is 0 Å². The van der Waals surface area contributed by atoms with Gasteiger partial charge in [0.05, 0.1) is 28.8 Å². The van der Waals surface area contributed by atoms with E-state index in [0.29, 0.717) is 27.7 Å². The largest absolute Gasteiger partial charge is 0.481 e. The fourth-order valence-electron chi connectivity index (χ4n) is 4.42. The average Bonchev–Trinajstić information content (AvgIpc) is 2.86. The van der Waals surface area contributed by atoms with Crippen LogP contribution in [0.4, 0.5) is 13.2 Å². The number of alkyl halides is 3. The lowest BCUT2D eigenvalue weighted by Gasteiger charge is -2.22. The molecule has 4 rings (SSSR count). The van der Waals surface area contributed by atoms with Crippen molar-refractivity contribution in [3.05, 3.63) is 99.5 Å². The first-order valence-electron chi connectivity index (χ1n) is 11.4. The molecular formula is C28H22BrF3N2O3. The van der Waals surface area contributed by atoms with Gasteiger partial charge in [0.1, 0.15) is 0 Å². The Hall–Kier alpha value is -3.72. The van der Waals surface area contributed by atoms with Crippen molar-refractivity contribution in [1.82, 2.24) is 10.3 Å². The second-order valence-corrected chi connectivity index (χ2v) is 9.49. The molecule has 5 nitrogen and oxygen atoms in total. The van der Waals surface area contributed by atoms with Crippen LogP contribution < -0.4 is 5.32 Å². The third-order valence-corrected chi connectivity index (χ3v) is 6.59. The number of nitrogens with one attached hydrogen (secondary N) is 1. The molecule has 0 aliphatic rings. The van der Waals surface area contributed by atoms with Crippen molar-refractivity contribution < 1.29 is 27.9 Å². The number of carboxylic acids is 1. The number of aliphatic carboxylic acids is 1. The monoisotopic (exact) mass is 570 g/mol. The number of amides is 1. The van der Waals surface area contributed by atoms with E-state index in [1.807, 2.05) is 30.3 Å². The van der Waals surface area contributed by atoms with Gasteiger partial charge >= 0.3 is 12.1 Å². The molecular weight excluding hydrogens is 549 g/mol. The summed E-state index contributed by atoms with van der Waals surface area (Å²) >= 11 is 3.42. The molecule has 0 aliphatic heterocycles. The lowest BCUT2D eigenvalue weighted by atomic mass is 9.90. The van der Waals surface area contributed by atoms with Crippen molar-refractivity contribution in [3.8, 4) is 11.3 Å². The van der Waals surface area contributed by atoms with Crippen LogP contribution in [0.3, 0.4) is 0 Å². The number of hydrogen-bond acceptors (Lipinski definition) is 3. The van der Waals surface area contributed by atoms with E-state index in [1.54, 1.807) is 25.1 Å². The molecule has 1 amide bonds. The lowest BCUT2D eigenvalue weighted by molar-refractivity contribution is -0.140. The van der Waals surface area contributed by atoms with Crippen LogP contribution in [0.25, 0.3) is 22.2 Å². The Morgan fingerprint density at radius 3 is 2.38 bits per heavy atom. The van der Waals surface area contributed by atoms with E-state index >= 15 is 0 Å². The number of halogens is 4. The second kappa shape index (κ2) is 10.7. The first-order valence-corrected chi connectivity index (χ1v) is 12.2. The molecule has 0 bridgehead atoms. The summed E-state index contributed by atoms with van der Waals surface area (Å²) in [5.74, 6) is -2.88. The third-order valence-electron chi connectivity index (χ3n) is 6.10. The quantitative estimate of drug-likeness (QED) is 0.251. The lowest BCUT2D eigenvalue weighted by Crippen LogP contribution is -2.31. The average molecular weight is 571 g/mol. The van der Waals surface area contributed by atoms with Gasteiger partial charge in [0.25, 0.3) is 5.91 Å². The topological polar surface area (TPSA) is 79.3 Å². The number of rotatable bonds is 7. The van der Waals surface area contributed by atoms with E-state index in [-0.39, 0.29) is 12.1 Å². The van der Waals surface area contributed by atoms with Crippen LogP contribution in [-0.4, -0.2) is 28.5 Å². The summed E-state index contributed by atoms with van der Waals surface area (Å²) in [5, 5.41) is 12.7. The highest BCUT2D eigenvalue weighted by Crippen LogP contribution is 2.36. The number of carbonyl (C=O) groups is 2. The number of carbonyl (C=O) groups excluding carboxylic acids is 1. The minimum atomic E-state index is -4.66. The van der Waals surface area contributed by atoms with Crippen molar-refractivity contribution in [2.75, 3.05) is 6.54 Å². The molecule has 4 aromatic rings. The predicted octanol–water partition coefficient (Wildman–Crippen LogP) is 6.98. The van der Waals surface area contributed by atoms with E-state index in [0.717, 1.165) is 16.1 Å². The van der Waals surface area contributed by atoms with Crippen molar-refractivity contribution in [1.29, 1.82) is 0 Å². The minimum Gasteiger partial charge on any atom is -0.481 e. The smallest absolute Gasteiger partial charge is 0.416 e. The zero-order valence-corrected chi connectivity index (χ0v) is 21.2. The fraction of sp³-hybridized carbons (Fsp3) is 0.179. The SMILES string of the molecule is Cc1c(-c2ccccc2)nc2ccc(Br)cc2c1C(=O)NC[C@H](CC(=O)O)c1ccccc1C(F)(F)F. The third kappa shape index (κ3) is 5.83. The number of fused-ring (bicyclic) bond motifs is 1. The number of carboxylic acid groups (broad SMARTS) is 1. The number of hydrogen-bond donors (Lipinski definition) is 2. The zero-order chi connectivity index (χ0) is 26.7. The van der Waals surface area contributed by atoms with E-state index in [2.05, 4.69) is 21.2 Å². The number of pyridine rings is 1. The molecule has 0 unspecified atom stereocenters. The molecule has 1 atom stereocenters. The number of nitrogens with zero attached hydrogens (tertiary/aromatic N) is 1. The normalized spacial score (nSPS) is 12.4. The number of benzene rings is 3. The fourth-order valence-corrected chi connectivity index (χ4v) is 4.78. The summed E-state index contributed by atoms with van der Waals surface area (Å²) in [7, 11) is 0. The Balaban J connectivity index is 1.75. The first kappa shape index (κ1) is 26.3. The summed E-state index contributed by atoms with van der Waals surface area (Å²) < 4.78 is 41.6. The maximum Gasteiger partial charge on any atom is 0.416 e. The Morgan fingerprint density at radius 2 is 1.70 bits per heavy atom. The van der Waals surface area contributed by atoms with Crippen LogP contribution in [0.1, 0.15) is 39.4 Å². The predicted molar refractivity (Wildman–Crippen MR) is 138 cm³/mol. The van der Waals surface area contributed by atoms with Crippen molar-refractivity contribution >= 4 is 38.7 Å². The van der Waals surface area contributed by atoms with Crippen LogP contribution in [0.2, 0.25) is 0 Å². The molecule has 0 saturated carbocycles. The first-order chi connectivity index (χ1) is 17.6. The van der Waals surface area contributed by atoms with E-state index in [4.69, 9.17) is 4.98 Å². The summed E-state index contributed by atoms with van der Waals surface area (Å²) in [6, 6.07) is 19.5. The standard InChI is InChI=1S/C28H22BrF3N2O3/c1-16-25(21-14-19(29)11-12-23(21)34-26(16)17-7-3-2-4-8-17)27(37)33-15-18(13-24(35)36)20-9-5-6-10-22(20)28(30,31)32/h2-12,14,18H,13,15H2,1H3,(H,33,37)(H,35,36)/t18-/m0/s1. The van der Waals surface area contributed by atoms with Gasteiger partial charge in [0, 0.05) is 27.9 Å². The molecule has 37 heavy (non-hydrogen) atoms. The van der Waals surface area contributed by atoms with Gasteiger partial charge in [0.2, 0.25) is 0 Å². The van der Waals surface area contributed by atoms with Gasteiger partial charge in [-0.1, -0.05) is 64.5 Å². The van der Waals surface area contributed by atoms with Crippen LogP contribution >= 0.6 is 15.9 Å². The second-order valence-electron chi connectivity index (χ2n) is 8.58. The molecule has 1 aromatic heterocycles. The minimum absolute atomic E-state index is 0.179. The summed E-state index contributed by atoms with van der Waals surface area (Å²) in [5.41, 5.74) is 1.80. The van der Waals surface area contributed by atoms with E-state index < -0.39 is 36.0 Å². The highest BCUT2D eigenvalue weighted by atomic mass is 79.9. The van der Waals surface area contributed by atoms with Crippen LogP contribution in [0, 0.1) is 6.92 Å². The van der Waals surface area contributed by atoms with Gasteiger partial charge in [-0.2, -0.15) is 13.2 Å². The summed E-state index contributed by atoms with van der Waals surface area (Å²) in [6.07, 6.45) is -5.24. The van der Waals surface area contributed by atoms with Crippen LogP contribution in [-0.2, 0) is 11.0 Å². The van der Waals surface area contributed by atoms with Crippen molar-refractivity contribution in [3.63, 3.8) is 0 Å². The molecule has 0 saturated heterocycles. The maximum absolute atomic E-state index is 13.6. The van der Waals surface area contributed by atoms with Gasteiger partial charge < -0.3 is 10.4 Å². The molecule has 0 aliphatic carbocycles. The van der Waals surface area contributed by atoms with E-state index in [9.17, 15) is 27.9 Å². The van der Waals surface area contributed by atoms with Crippen molar-refractivity contribution in [2.45, 2.75) is 25.4 Å². The maximum atomic E-state index is 13.6. The van der Waals surface area contributed by atoms with Gasteiger partial charge in [-0.05, 0) is 42.3 Å². The van der Waals surface area contributed by atoms with Crippen molar-refractivity contribution in [2.24, 2.45) is 0 Å². The van der Waals surface area contributed by atoms with Crippen LogP contribution in [0.5, 0.6) is 0 Å². The zero-order valence-electron chi connectivity index (χ0n) is 19.6. The Morgan fingerprint density at radius 1 is 1.03 bits per heavy atom. The summed E-state index contributed by atoms with van der Waals surface area (Å²) in [6.45, 7) is 1.47. The van der Waals surface area contributed by atoms with E-state index in [1.165, 1.54) is 18.2 Å². The molecule has 0 spiro atoms. The molecule has 3 aromatic carbocycles. The Bertz CT molecular complexity index is 1470. The molecule has 2 N–H and O–H groups in total. The summed E-state index contributed by atoms with van der Waals surface area (Å²) in [4.78, 5) is 29.8. The number of aromatic nitrogens is 1. The highest BCUT2D eigenvalue weighted by molar-refractivity contribution is 9.10. The Kier molecular flexibility index (Phi) is 7.63. The molecule has 0 radical (unpaired) electrons. The molecule has 190 valence electrons. The van der Waals surface area contributed by atoms with Gasteiger partial charge in [0.15, 0.2) is 0 Å². The van der Waals surface area contributed by atoms with Crippen LogP contribution in [0.15, 0.2) is 77.3 Å². The molecule has 1 heterocycles. The van der Waals surface area contributed by atoms with Gasteiger partial charge in [-0.3, -0.25) is 9.59 Å². The van der Waals surface area contributed by atoms with Gasteiger partial charge in [-0.25, -0.2) is 4.98 Å². The highest BCUT2D eigenvalue weighted by Gasteiger charge is 2.35. The molecule has 0 fully saturated rings.